The molecule has 0 amide bonds. The Labute approximate surface area is 162 Å². The molecule has 5 aromatic rings. The molecule has 0 spiro atoms. The summed E-state index contributed by atoms with van der Waals surface area (Å²) in [6, 6.07) is 16.8. The van der Waals surface area contributed by atoms with Crippen molar-refractivity contribution in [3.8, 4) is 5.75 Å². The van der Waals surface area contributed by atoms with E-state index in [2.05, 4.69) is 60.8 Å². The van der Waals surface area contributed by atoms with E-state index in [1.165, 1.54) is 27.4 Å². The molecule has 136 valence electrons. The van der Waals surface area contributed by atoms with Gasteiger partial charge in [-0.1, -0.05) is 32.0 Å². The third-order valence-corrected chi connectivity index (χ3v) is 6.14. The zero-order valence-electron chi connectivity index (χ0n) is 16.0. The van der Waals surface area contributed by atoms with Gasteiger partial charge < -0.3 is 9.14 Å². The van der Waals surface area contributed by atoms with Gasteiger partial charge >= 0.3 is 0 Å². The molecule has 0 fully saturated rings. The lowest BCUT2D eigenvalue weighted by Gasteiger charge is -2.31. The Hall–Kier alpha value is -3.40. The van der Waals surface area contributed by atoms with Gasteiger partial charge in [-0.15, -0.1) is 0 Å². The normalized spacial score (nSPS) is 14.8. The molecule has 4 heteroatoms. The highest BCUT2D eigenvalue weighted by molar-refractivity contribution is 6.12. The van der Waals surface area contributed by atoms with Crippen molar-refractivity contribution in [3.05, 3.63) is 77.4 Å². The molecule has 0 bridgehead atoms. The van der Waals surface area contributed by atoms with Crippen LogP contribution in [-0.4, -0.2) is 16.5 Å². The maximum absolute atomic E-state index is 5.47. The highest BCUT2D eigenvalue weighted by Gasteiger charge is 2.33. The first-order valence-corrected chi connectivity index (χ1v) is 9.47. The van der Waals surface area contributed by atoms with E-state index in [4.69, 9.17) is 14.7 Å². The number of ether oxygens (including phenoxy) is 1. The molecule has 2 aromatic carbocycles. The van der Waals surface area contributed by atoms with Crippen LogP contribution in [0, 0.1) is 0 Å². The minimum absolute atomic E-state index is 0.214. The lowest BCUT2D eigenvalue weighted by atomic mass is 9.76. The number of hydrogen-bond donors (Lipinski definition) is 0. The van der Waals surface area contributed by atoms with Gasteiger partial charge in [0.25, 0.3) is 0 Å². The van der Waals surface area contributed by atoms with Crippen molar-refractivity contribution in [2.45, 2.75) is 19.3 Å². The van der Waals surface area contributed by atoms with Gasteiger partial charge in [0.2, 0.25) is 0 Å². The van der Waals surface area contributed by atoms with E-state index < -0.39 is 0 Å². The first-order chi connectivity index (χ1) is 13.6. The zero-order chi connectivity index (χ0) is 19.0. The number of methoxy groups -OCH3 is 1. The maximum Gasteiger partial charge on any atom is 0.119 e. The SMILES string of the molecule is COc1ccc2c(c1)C(C)(C)c1cn3c4ccccc4c4ccnc(c1=N2)c43. The van der Waals surface area contributed by atoms with E-state index in [1.54, 1.807) is 7.11 Å². The average Bonchev–Trinajstić information content (AvgIpc) is 3.04. The molecule has 0 atom stereocenters. The van der Waals surface area contributed by atoms with Gasteiger partial charge in [-0.25, -0.2) is 4.99 Å². The first-order valence-electron chi connectivity index (χ1n) is 9.47. The van der Waals surface area contributed by atoms with Gasteiger partial charge in [-0.2, -0.15) is 0 Å². The number of aromatic nitrogens is 2. The number of benzene rings is 2. The summed E-state index contributed by atoms with van der Waals surface area (Å²) in [5.74, 6) is 0.856. The molecule has 0 radical (unpaired) electrons. The van der Waals surface area contributed by atoms with Crippen LogP contribution in [0.1, 0.15) is 25.0 Å². The van der Waals surface area contributed by atoms with E-state index in [1.807, 2.05) is 18.3 Å². The molecule has 1 aliphatic heterocycles. The smallest absolute Gasteiger partial charge is 0.119 e. The summed E-state index contributed by atoms with van der Waals surface area (Å²) in [5.41, 5.74) is 6.43. The maximum atomic E-state index is 5.47. The molecule has 4 nitrogen and oxygen atoms in total. The Bertz CT molecular complexity index is 1480. The quantitative estimate of drug-likeness (QED) is 0.421. The highest BCUT2D eigenvalue weighted by atomic mass is 16.5. The fraction of sp³-hybridized carbons (Fsp3) is 0.167. The van der Waals surface area contributed by atoms with Crippen molar-refractivity contribution < 1.29 is 4.74 Å². The molecule has 0 unspecified atom stereocenters. The molecule has 1 aliphatic rings. The summed E-state index contributed by atoms with van der Waals surface area (Å²) >= 11 is 0. The number of hydrogen-bond acceptors (Lipinski definition) is 3. The van der Waals surface area contributed by atoms with Crippen LogP contribution in [-0.2, 0) is 5.41 Å². The summed E-state index contributed by atoms with van der Waals surface area (Å²) in [4.78, 5) is 9.82. The summed E-state index contributed by atoms with van der Waals surface area (Å²) in [5, 5.41) is 3.44. The second kappa shape index (κ2) is 5.10. The van der Waals surface area contributed by atoms with Crippen molar-refractivity contribution >= 4 is 33.0 Å². The fourth-order valence-electron chi connectivity index (χ4n) is 4.65. The summed E-state index contributed by atoms with van der Waals surface area (Å²) in [7, 11) is 1.70. The van der Waals surface area contributed by atoms with Crippen LogP contribution in [0.5, 0.6) is 5.75 Å². The minimum Gasteiger partial charge on any atom is -0.497 e. The predicted molar refractivity (Wildman–Crippen MR) is 112 cm³/mol. The van der Waals surface area contributed by atoms with Crippen LogP contribution in [0.15, 0.2) is 65.9 Å². The number of pyridine rings is 2. The number of rotatable bonds is 1. The molecular weight excluding hydrogens is 346 g/mol. The third-order valence-electron chi connectivity index (χ3n) is 6.14. The predicted octanol–water partition coefficient (Wildman–Crippen LogP) is 4.96. The lowest BCUT2D eigenvalue weighted by molar-refractivity contribution is 0.413. The molecule has 6 rings (SSSR count). The first kappa shape index (κ1) is 15.6. The molecular formula is C24H19N3O. The van der Waals surface area contributed by atoms with Crippen molar-refractivity contribution in [2.75, 3.05) is 7.11 Å². The van der Waals surface area contributed by atoms with Crippen molar-refractivity contribution in [1.82, 2.24) is 9.38 Å². The molecule has 3 aromatic heterocycles. The Morgan fingerprint density at radius 2 is 1.82 bits per heavy atom. The topological polar surface area (TPSA) is 38.9 Å². The molecule has 0 aliphatic carbocycles. The van der Waals surface area contributed by atoms with Gasteiger partial charge in [0.1, 0.15) is 11.3 Å². The van der Waals surface area contributed by atoms with Crippen molar-refractivity contribution in [1.29, 1.82) is 0 Å². The van der Waals surface area contributed by atoms with Gasteiger partial charge in [-0.05, 0) is 35.9 Å². The van der Waals surface area contributed by atoms with E-state index in [0.29, 0.717) is 0 Å². The standard InChI is InChI=1S/C24H19N3O/c1-24(2)17-12-14(28-3)8-9-19(17)26-21-18(24)13-27-20-7-5-4-6-15(20)16-10-11-25-22(21)23(16)27/h4-13H,1-3H3. The van der Waals surface area contributed by atoms with Crippen LogP contribution < -0.4 is 10.1 Å². The molecule has 28 heavy (non-hydrogen) atoms. The third kappa shape index (κ3) is 1.80. The summed E-state index contributed by atoms with van der Waals surface area (Å²) < 4.78 is 7.76. The largest absolute Gasteiger partial charge is 0.497 e. The van der Waals surface area contributed by atoms with E-state index in [0.717, 1.165) is 27.8 Å². The number of para-hydroxylation sites is 1. The minimum atomic E-state index is -0.214. The number of fused-ring (bicyclic) bond motifs is 6. The Morgan fingerprint density at radius 3 is 2.68 bits per heavy atom. The van der Waals surface area contributed by atoms with Crippen LogP contribution in [0.3, 0.4) is 0 Å². The summed E-state index contributed by atoms with van der Waals surface area (Å²) in [6.07, 6.45) is 4.15. The Balaban J connectivity index is 1.85. The monoisotopic (exact) mass is 365 g/mol. The fourth-order valence-corrected chi connectivity index (χ4v) is 4.65. The molecule has 0 saturated carbocycles. The van der Waals surface area contributed by atoms with Gasteiger partial charge in [0.15, 0.2) is 0 Å². The van der Waals surface area contributed by atoms with Gasteiger partial charge in [0, 0.05) is 34.1 Å². The van der Waals surface area contributed by atoms with E-state index in [-0.39, 0.29) is 5.41 Å². The van der Waals surface area contributed by atoms with E-state index >= 15 is 0 Å². The lowest BCUT2D eigenvalue weighted by Crippen LogP contribution is -2.32. The molecule has 0 saturated heterocycles. The van der Waals surface area contributed by atoms with Crippen LogP contribution >= 0.6 is 0 Å². The van der Waals surface area contributed by atoms with E-state index in [9.17, 15) is 0 Å². The van der Waals surface area contributed by atoms with Gasteiger partial charge in [-0.3, -0.25) is 4.98 Å². The average molecular weight is 365 g/mol. The Morgan fingerprint density at radius 1 is 0.964 bits per heavy atom. The summed E-state index contributed by atoms with van der Waals surface area (Å²) in [6.45, 7) is 4.51. The second-order valence-corrected chi connectivity index (χ2v) is 7.95. The van der Waals surface area contributed by atoms with Crippen LogP contribution in [0.2, 0.25) is 0 Å². The number of nitrogens with zero attached hydrogens (tertiary/aromatic N) is 3. The molecule has 4 heterocycles. The Kier molecular flexibility index (Phi) is 2.85. The van der Waals surface area contributed by atoms with Crippen molar-refractivity contribution in [2.24, 2.45) is 4.99 Å². The highest BCUT2D eigenvalue weighted by Crippen LogP contribution is 2.42. The zero-order valence-corrected chi connectivity index (χ0v) is 16.0. The van der Waals surface area contributed by atoms with Crippen LogP contribution in [0.4, 0.5) is 5.69 Å². The second-order valence-electron chi connectivity index (χ2n) is 7.95. The van der Waals surface area contributed by atoms with Gasteiger partial charge in [0.05, 0.1) is 29.2 Å². The van der Waals surface area contributed by atoms with Crippen LogP contribution in [0.25, 0.3) is 27.3 Å². The molecule has 0 N–H and O–H groups in total. The van der Waals surface area contributed by atoms with Crippen molar-refractivity contribution in [3.63, 3.8) is 0 Å².